The second-order valence-corrected chi connectivity index (χ2v) is 6.60. The normalized spacial score (nSPS) is 13.7. The Labute approximate surface area is 147 Å². The van der Waals surface area contributed by atoms with Gasteiger partial charge in [-0.25, -0.2) is 9.97 Å². The van der Waals surface area contributed by atoms with Crippen molar-refractivity contribution >= 4 is 17.7 Å². The topological polar surface area (TPSA) is 71.3 Å². The zero-order valence-electron chi connectivity index (χ0n) is 14.3. The van der Waals surface area contributed by atoms with E-state index in [2.05, 4.69) is 34.0 Å². The Hall–Kier alpha value is -1.86. The quantitative estimate of drug-likeness (QED) is 0.555. The number of thioether (sulfide) groups is 1. The maximum Gasteiger partial charge on any atom is 0.233 e. The van der Waals surface area contributed by atoms with Gasteiger partial charge < -0.3 is 9.73 Å². The van der Waals surface area contributed by atoms with Crippen LogP contribution in [0.25, 0.3) is 0 Å². The first kappa shape index (κ1) is 18.5. The van der Waals surface area contributed by atoms with E-state index in [1.165, 1.54) is 11.8 Å². The lowest BCUT2D eigenvalue weighted by molar-refractivity contribution is -0.120. The van der Waals surface area contributed by atoms with Crippen molar-refractivity contribution in [3.05, 3.63) is 42.6 Å². The Morgan fingerprint density at radius 3 is 2.58 bits per heavy atom. The summed E-state index contributed by atoms with van der Waals surface area (Å²) in [6, 6.07) is 5.61. The Balaban J connectivity index is 1.94. The first-order valence-electron chi connectivity index (χ1n) is 8.14. The van der Waals surface area contributed by atoms with Crippen LogP contribution in [0.5, 0.6) is 0 Å². The van der Waals surface area contributed by atoms with Crippen LogP contribution in [0.1, 0.15) is 32.6 Å². The third-order valence-electron chi connectivity index (χ3n) is 3.79. The highest BCUT2D eigenvalue weighted by Crippen LogP contribution is 2.21. The third-order valence-corrected chi connectivity index (χ3v) is 4.78. The Kier molecular flexibility index (Phi) is 7.27. The van der Waals surface area contributed by atoms with Gasteiger partial charge in [-0.3, -0.25) is 9.69 Å². The van der Waals surface area contributed by atoms with Crippen molar-refractivity contribution in [2.75, 3.05) is 19.6 Å². The lowest BCUT2D eigenvalue weighted by Gasteiger charge is -2.28. The van der Waals surface area contributed by atoms with Crippen molar-refractivity contribution < 1.29 is 9.21 Å². The number of hydrogen-bond donors (Lipinski definition) is 1. The Bertz CT molecular complexity index is 602. The smallest absolute Gasteiger partial charge is 0.233 e. The highest BCUT2D eigenvalue weighted by molar-refractivity contribution is 8.00. The highest BCUT2D eigenvalue weighted by Gasteiger charge is 2.23. The van der Waals surface area contributed by atoms with Crippen LogP contribution >= 0.6 is 11.8 Å². The zero-order chi connectivity index (χ0) is 17.4. The van der Waals surface area contributed by atoms with Crippen molar-refractivity contribution in [1.29, 1.82) is 0 Å². The minimum atomic E-state index is -0.263. The molecule has 24 heavy (non-hydrogen) atoms. The van der Waals surface area contributed by atoms with Gasteiger partial charge in [-0.2, -0.15) is 0 Å². The summed E-state index contributed by atoms with van der Waals surface area (Å²) in [5, 5.41) is 3.36. The molecular formula is C17H24N4O2S. The molecule has 0 spiro atoms. The molecule has 2 aromatic rings. The molecule has 0 aliphatic heterocycles. The van der Waals surface area contributed by atoms with Crippen molar-refractivity contribution in [3.8, 4) is 0 Å². The fourth-order valence-electron chi connectivity index (χ4n) is 2.45. The lowest BCUT2D eigenvalue weighted by Crippen LogP contribution is -2.40. The van der Waals surface area contributed by atoms with E-state index in [4.69, 9.17) is 4.42 Å². The number of aromatic nitrogens is 2. The van der Waals surface area contributed by atoms with E-state index < -0.39 is 0 Å². The molecule has 0 bridgehead atoms. The number of furan rings is 1. The summed E-state index contributed by atoms with van der Waals surface area (Å²) in [6.07, 6.45) is 5.01. The molecule has 0 aliphatic carbocycles. The van der Waals surface area contributed by atoms with Gasteiger partial charge in [-0.1, -0.05) is 25.6 Å². The van der Waals surface area contributed by atoms with Crippen LogP contribution in [0, 0.1) is 0 Å². The molecule has 2 atom stereocenters. The predicted molar refractivity (Wildman–Crippen MR) is 94.7 cm³/mol. The standard InChI is InChI=1S/C17H24N4O2S/c1-4-21(5-2)14(15-8-6-11-23-15)12-20-16(22)13(3)24-17-18-9-7-10-19-17/h6-11,13-14H,4-5,12H2,1-3H3,(H,20,22). The molecule has 0 fully saturated rings. The summed E-state index contributed by atoms with van der Waals surface area (Å²) in [5.74, 6) is 0.835. The average Bonchev–Trinajstić information content (AvgIpc) is 3.13. The van der Waals surface area contributed by atoms with Crippen LogP contribution < -0.4 is 5.32 Å². The summed E-state index contributed by atoms with van der Waals surface area (Å²) in [5.41, 5.74) is 0. The predicted octanol–water partition coefficient (Wildman–Crippen LogP) is 2.75. The minimum absolute atomic E-state index is 0.0313. The van der Waals surface area contributed by atoms with Gasteiger partial charge in [0, 0.05) is 18.9 Å². The van der Waals surface area contributed by atoms with E-state index in [1.54, 1.807) is 24.7 Å². The van der Waals surface area contributed by atoms with Gasteiger partial charge in [0.25, 0.3) is 0 Å². The third kappa shape index (κ3) is 5.07. The van der Waals surface area contributed by atoms with E-state index in [1.807, 2.05) is 19.1 Å². The van der Waals surface area contributed by atoms with E-state index in [-0.39, 0.29) is 17.2 Å². The molecule has 1 N–H and O–H groups in total. The van der Waals surface area contributed by atoms with E-state index in [0.717, 1.165) is 18.8 Å². The van der Waals surface area contributed by atoms with E-state index in [0.29, 0.717) is 11.7 Å². The van der Waals surface area contributed by atoms with E-state index in [9.17, 15) is 4.79 Å². The summed E-state index contributed by atoms with van der Waals surface area (Å²) in [6.45, 7) is 8.35. The molecule has 130 valence electrons. The average molecular weight is 348 g/mol. The van der Waals surface area contributed by atoms with Gasteiger partial charge in [0.2, 0.25) is 5.91 Å². The summed E-state index contributed by atoms with van der Waals surface area (Å²) >= 11 is 1.35. The van der Waals surface area contributed by atoms with E-state index >= 15 is 0 Å². The first-order chi connectivity index (χ1) is 11.7. The molecule has 2 heterocycles. The molecule has 6 nitrogen and oxygen atoms in total. The number of nitrogens with zero attached hydrogens (tertiary/aromatic N) is 3. The van der Waals surface area contributed by atoms with Gasteiger partial charge in [-0.05, 0) is 38.2 Å². The SMILES string of the molecule is CCN(CC)C(CNC(=O)C(C)Sc1ncccn1)c1ccco1. The molecule has 1 amide bonds. The molecule has 0 radical (unpaired) electrons. The van der Waals surface area contributed by atoms with Crippen molar-refractivity contribution in [2.45, 2.75) is 37.2 Å². The molecule has 2 aromatic heterocycles. The Morgan fingerprint density at radius 1 is 1.29 bits per heavy atom. The number of amides is 1. The first-order valence-corrected chi connectivity index (χ1v) is 9.02. The fraction of sp³-hybridized carbons (Fsp3) is 0.471. The van der Waals surface area contributed by atoms with Crippen LogP contribution in [0.15, 0.2) is 46.4 Å². The van der Waals surface area contributed by atoms with Gasteiger partial charge in [0.15, 0.2) is 5.16 Å². The minimum Gasteiger partial charge on any atom is -0.468 e. The number of carbonyl (C=O) groups excluding carboxylic acids is 1. The van der Waals surface area contributed by atoms with Gasteiger partial charge in [0.1, 0.15) is 5.76 Å². The lowest BCUT2D eigenvalue weighted by atomic mass is 10.2. The second-order valence-electron chi connectivity index (χ2n) is 5.29. The number of carbonyl (C=O) groups is 1. The molecular weight excluding hydrogens is 324 g/mol. The molecule has 0 aliphatic rings. The largest absolute Gasteiger partial charge is 0.468 e. The van der Waals surface area contributed by atoms with Gasteiger partial charge in [-0.15, -0.1) is 0 Å². The molecule has 2 unspecified atom stereocenters. The van der Waals surface area contributed by atoms with Crippen LogP contribution in [0.2, 0.25) is 0 Å². The summed E-state index contributed by atoms with van der Waals surface area (Å²) in [4.78, 5) is 22.9. The second kappa shape index (κ2) is 9.44. The Morgan fingerprint density at radius 2 is 2.00 bits per heavy atom. The molecule has 2 rings (SSSR count). The molecule has 0 aromatic carbocycles. The van der Waals surface area contributed by atoms with Crippen LogP contribution in [0.3, 0.4) is 0 Å². The molecule has 0 saturated carbocycles. The summed E-state index contributed by atoms with van der Waals surface area (Å²) < 4.78 is 5.55. The maximum atomic E-state index is 12.4. The van der Waals surface area contributed by atoms with Crippen LogP contribution in [-0.4, -0.2) is 45.7 Å². The van der Waals surface area contributed by atoms with Crippen molar-refractivity contribution in [2.24, 2.45) is 0 Å². The van der Waals surface area contributed by atoms with Crippen molar-refractivity contribution in [1.82, 2.24) is 20.2 Å². The van der Waals surface area contributed by atoms with Crippen LogP contribution in [-0.2, 0) is 4.79 Å². The number of rotatable bonds is 9. The monoisotopic (exact) mass is 348 g/mol. The van der Waals surface area contributed by atoms with Crippen LogP contribution in [0.4, 0.5) is 0 Å². The number of nitrogens with one attached hydrogen (secondary N) is 1. The summed E-state index contributed by atoms with van der Waals surface area (Å²) in [7, 11) is 0. The number of likely N-dealkylation sites (N-methyl/N-ethyl adjacent to an activating group) is 1. The van der Waals surface area contributed by atoms with Gasteiger partial charge >= 0.3 is 0 Å². The highest BCUT2D eigenvalue weighted by atomic mass is 32.2. The maximum absolute atomic E-state index is 12.4. The molecule has 7 heteroatoms. The zero-order valence-corrected chi connectivity index (χ0v) is 15.1. The number of hydrogen-bond acceptors (Lipinski definition) is 6. The fourth-order valence-corrected chi connectivity index (χ4v) is 3.20. The van der Waals surface area contributed by atoms with Crippen molar-refractivity contribution in [3.63, 3.8) is 0 Å². The molecule has 0 saturated heterocycles. The van der Waals surface area contributed by atoms with Gasteiger partial charge in [0.05, 0.1) is 17.6 Å².